The molecule has 1 N–H and O–H groups in total. The Kier molecular flexibility index (Phi) is 8.81. The van der Waals surface area contributed by atoms with Crippen molar-refractivity contribution in [3.63, 3.8) is 0 Å². The molecule has 2 amide bonds. The summed E-state index contributed by atoms with van der Waals surface area (Å²) in [5, 5.41) is 3.16. The van der Waals surface area contributed by atoms with Crippen LogP contribution in [0.5, 0.6) is 0 Å². The highest BCUT2D eigenvalue weighted by atomic mass is 32.2. The number of amides is 2. The number of carbonyl (C=O) groups excluding carboxylic acids is 2. The average molecular weight is 425 g/mol. The van der Waals surface area contributed by atoms with Gasteiger partial charge in [-0.25, -0.2) is 0 Å². The van der Waals surface area contributed by atoms with Gasteiger partial charge in [0.05, 0.1) is 0 Å². The van der Waals surface area contributed by atoms with Crippen molar-refractivity contribution in [1.29, 1.82) is 0 Å². The molecule has 4 nitrogen and oxygen atoms in total. The average Bonchev–Trinajstić information content (AvgIpc) is 3.28. The zero-order chi connectivity index (χ0) is 21.2. The van der Waals surface area contributed by atoms with Crippen LogP contribution in [0.3, 0.4) is 0 Å². The van der Waals surface area contributed by atoms with Gasteiger partial charge in [-0.2, -0.15) is 0 Å². The van der Waals surface area contributed by atoms with E-state index in [4.69, 9.17) is 0 Å². The second-order valence-electron chi connectivity index (χ2n) is 7.90. The first-order chi connectivity index (χ1) is 14.6. The predicted molar refractivity (Wildman–Crippen MR) is 124 cm³/mol. The van der Waals surface area contributed by atoms with Crippen LogP contribution in [0.4, 0.5) is 0 Å². The van der Waals surface area contributed by atoms with Crippen LogP contribution < -0.4 is 5.32 Å². The first-order valence-corrected chi connectivity index (χ1v) is 11.9. The van der Waals surface area contributed by atoms with E-state index in [0.717, 1.165) is 24.2 Å². The van der Waals surface area contributed by atoms with E-state index in [-0.39, 0.29) is 17.9 Å². The van der Waals surface area contributed by atoms with Gasteiger partial charge in [-0.15, -0.1) is 11.8 Å². The maximum absolute atomic E-state index is 13.1. The predicted octanol–water partition coefficient (Wildman–Crippen LogP) is 4.69. The molecule has 2 aromatic rings. The summed E-state index contributed by atoms with van der Waals surface area (Å²) in [6.07, 6.45) is 5.61. The minimum Gasteiger partial charge on any atom is -0.352 e. The Labute approximate surface area is 184 Å². The summed E-state index contributed by atoms with van der Waals surface area (Å²) in [4.78, 5) is 28.8. The normalized spacial score (nSPS) is 15.0. The third-order valence-corrected chi connectivity index (χ3v) is 6.69. The molecule has 0 unspecified atom stereocenters. The fourth-order valence-electron chi connectivity index (χ4n) is 3.88. The summed E-state index contributed by atoms with van der Waals surface area (Å²) in [5.74, 6) is 0.726. The van der Waals surface area contributed by atoms with Crippen LogP contribution >= 0.6 is 11.8 Å². The minimum atomic E-state index is -0.455. The largest absolute Gasteiger partial charge is 0.352 e. The standard InChI is InChI=1S/C25H32N2O2S/c1-20(25(29)26-22-12-8-9-13-22)27(18-16-21-10-4-2-5-11-21)24(28)17-19-30-23-14-6-3-7-15-23/h2-7,10-11,14-15,20,22H,8-9,12-13,16-19H2,1H3,(H,26,29)/t20-/m1/s1. The van der Waals surface area contributed by atoms with Crippen LogP contribution in [0.15, 0.2) is 65.6 Å². The summed E-state index contributed by atoms with van der Waals surface area (Å²) in [7, 11) is 0. The molecule has 1 saturated carbocycles. The molecule has 0 aromatic heterocycles. The summed E-state index contributed by atoms with van der Waals surface area (Å²) in [6.45, 7) is 2.41. The molecule has 5 heteroatoms. The highest BCUT2D eigenvalue weighted by Gasteiger charge is 2.27. The van der Waals surface area contributed by atoms with Gasteiger partial charge < -0.3 is 10.2 Å². The Morgan fingerprint density at radius 1 is 1.03 bits per heavy atom. The molecule has 1 atom stereocenters. The van der Waals surface area contributed by atoms with Gasteiger partial charge in [-0.3, -0.25) is 9.59 Å². The van der Waals surface area contributed by atoms with E-state index in [0.29, 0.717) is 18.7 Å². The molecule has 2 aromatic carbocycles. The summed E-state index contributed by atoms with van der Waals surface area (Å²) >= 11 is 1.68. The van der Waals surface area contributed by atoms with Gasteiger partial charge >= 0.3 is 0 Å². The monoisotopic (exact) mass is 424 g/mol. The van der Waals surface area contributed by atoms with Crippen molar-refractivity contribution in [2.45, 2.75) is 62.4 Å². The number of hydrogen-bond donors (Lipinski definition) is 1. The third kappa shape index (κ3) is 6.91. The molecule has 3 rings (SSSR count). The summed E-state index contributed by atoms with van der Waals surface area (Å²) in [5.41, 5.74) is 1.18. The Bertz CT molecular complexity index is 791. The summed E-state index contributed by atoms with van der Waals surface area (Å²) < 4.78 is 0. The van der Waals surface area contributed by atoms with Crippen LogP contribution in [0.1, 0.15) is 44.6 Å². The van der Waals surface area contributed by atoms with Gasteiger partial charge in [0.25, 0.3) is 0 Å². The Morgan fingerprint density at radius 2 is 1.67 bits per heavy atom. The number of thioether (sulfide) groups is 1. The lowest BCUT2D eigenvalue weighted by Gasteiger charge is -2.29. The molecule has 1 aliphatic carbocycles. The first-order valence-electron chi connectivity index (χ1n) is 10.9. The van der Waals surface area contributed by atoms with Gasteiger partial charge in [0.15, 0.2) is 0 Å². The van der Waals surface area contributed by atoms with Crippen LogP contribution in [0.25, 0.3) is 0 Å². The number of hydrogen-bond acceptors (Lipinski definition) is 3. The van der Waals surface area contributed by atoms with Gasteiger partial charge in [0.1, 0.15) is 6.04 Å². The van der Waals surface area contributed by atoms with Gasteiger partial charge in [0, 0.05) is 29.7 Å². The maximum atomic E-state index is 13.1. The van der Waals surface area contributed by atoms with Crippen molar-refractivity contribution in [3.8, 4) is 0 Å². The van der Waals surface area contributed by atoms with Crippen molar-refractivity contribution < 1.29 is 9.59 Å². The fourth-order valence-corrected chi connectivity index (χ4v) is 4.74. The highest BCUT2D eigenvalue weighted by Crippen LogP contribution is 2.20. The lowest BCUT2D eigenvalue weighted by Crippen LogP contribution is -2.50. The van der Waals surface area contributed by atoms with Crippen molar-refractivity contribution in [1.82, 2.24) is 10.2 Å². The lowest BCUT2D eigenvalue weighted by atomic mass is 10.1. The molecule has 160 valence electrons. The van der Waals surface area contributed by atoms with Gasteiger partial charge in [-0.05, 0) is 43.9 Å². The molecule has 0 bridgehead atoms. The molecule has 1 fully saturated rings. The van der Waals surface area contributed by atoms with Crippen LogP contribution in [0.2, 0.25) is 0 Å². The van der Waals surface area contributed by atoms with Crippen molar-refractivity contribution in [2.75, 3.05) is 12.3 Å². The smallest absolute Gasteiger partial charge is 0.242 e. The Hall–Kier alpha value is -2.27. The van der Waals surface area contributed by atoms with Crippen LogP contribution in [-0.2, 0) is 16.0 Å². The van der Waals surface area contributed by atoms with Gasteiger partial charge in [0.2, 0.25) is 11.8 Å². The second kappa shape index (κ2) is 11.8. The zero-order valence-electron chi connectivity index (χ0n) is 17.8. The molecule has 0 saturated heterocycles. The van der Waals surface area contributed by atoms with Crippen molar-refractivity contribution in [2.24, 2.45) is 0 Å². The minimum absolute atomic E-state index is 0.0287. The molecule has 0 spiro atoms. The van der Waals surface area contributed by atoms with Crippen molar-refractivity contribution in [3.05, 3.63) is 66.2 Å². The Morgan fingerprint density at radius 3 is 2.33 bits per heavy atom. The zero-order valence-corrected chi connectivity index (χ0v) is 18.6. The molecular weight excluding hydrogens is 392 g/mol. The quantitative estimate of drug-likeness (QED) is 0.563. The second-order valence-corrected chi connectivity index (χ2v) is 9.07. The van der Waals surface area contributed by atoms with E-state index in [9.17, 15) is 9.59 Å². The van der Waals surface area contributed by atoms with E-state index in [1.54, 1.807) is 16.7 Å². The van der Waals surface area contributed by atoms with Crippen LogP contribution in [-0.4, -0.2) is 41.1 Å². The SMILES string of the molecule is C[C@H](C(=O)NC1CCCC1)N(CCc1ccccc1)C(=O)CCSc1ccccc1. The van der Waals surface area contributed by atoms with E-state index in [1.807, 2.05) is 43.3 Å². The number of rotatable bonds is 10. The van der Waals surface area contributed by atoms with E-state index >= 15 is 0 Å². The van der Waals surface area contributed by atoms with E-state index in [1.165, 1.54) is 18.4 Å². The molecule has 1 aliphatic rings. The topological polar surface area (TPSA) is 49.4 Å². The number of nitrogens with one attached hydrogen (secondary N) is 1. The summed E-state index contributed by atoms with van der Waals surface area (Å²) in [6, 6.07) is 20.1. The third-order valence-electron chi connectivity index (χ3n) is 5.68. The fraction of sp³-hybridized carbons (Fsp3) is 0.440. The maximum Gasteiger partial charge on any atom is 0.242 e. The molecular formula is C25H32N2O2S. The van der Waals surface area contributed by atoms with Gasteiger partial charge in [-0.1, -0.05) is 61.4 Å². The van der Waals surface area contributed by atoms with E-state index < -0.39 is 6.04 Å². The number of nitrogens with zero attached hydrogens (tertiary/aromatic N) is 1. The number of carbonyl (C=O) groups is 2. The molecule has 0 aliphatic heterocycles. The van der Waals surface area contributed by atoms with Crippen LogP contribution in [0, 0.1) is 0 Å². The highest BCUT2D eigenvalue weighted by molar-refractivity contribution is 7.99. The van der Waals surface area contributed by atoms with E-state index in [2.05, 4.69) is 29.6 Å². The Balaban J connectivity index is 1.59. The molecule has 30 heavy (non-hydrogen) atoms. The lowest BCUT2D eigenvalue weighted by molar-refractivity contribution is -0.139. The number of benzene rings is 2. The first kappa shape index (κ1) is 22.4. The molecule has 0 radical (unpaired) electrons. The molecule has 0 heterocycles. The van der Waals surface area contributed by atoms with Crippen molar-refractivity contribution >= 4 is 23.6 Å².